The average Bonchev–Trinajstić information content (AvgIpc) is 3.22. The lowest BCUT2D eigenvalue weighted by Crippen LogP contribution is -2.14. The van der Waals surface area contributed by atoms with E-state index in [0.717, 1.165) is 22.3 Å². The molecule has 6 rings (SSSR count). The molecule has 150 valence electrons. The number of rotatable bonds is 2. The maximum absolute atomic E-state index is 9.98. The Morgan fingerprint density at radius 3 is 2.61 bits per heavy atom. The molecule has 1 atom stereocenters. The Bertz CT molecular complexity index is 1450. The highest BCUT2D eigenvalue weighted by Gasteiger charge is 2.33. The summed E-state index contributed by atoms with van der Waals surface area (Å²) in [6.07, 6.45) is 1.58. The molecule has 0 bridgehead atoms. The summed E-state index contributed by atoms with van der Waals surface area (Å²) >= 11 is 6.38. The minimum atomic E-state index is -0.181. The summed E-state index contributed by atoms with van der Waals surface area (Å²) in [5, 5.41) is 15.2. The summed E-state index contributed by atoms with van der Waals surface area (Å²) in [7, 11) is 0. The fraction of sp³-hybridized carbons (Fsp3) is 0.0417. The fourth-order valence-corrected chi connectivity index (χ4v) is 4.27. The van der Waals surface area contributed by atoms with Gasteiger partial charge in [-0.05, 0) is 23.8 Å². The molecule has 1 aliphatic rings. The lowest BCUT2D eigenvalue weighted by molar-refractivity contribution is 0.422. The number of aromatic hydroxyl groups is 1. The number of halogens is 1. The third-order valence-corrected chi connectivity index (χ3v) is 5.77. The summed E-state index contributed by atoms with van der Waals surface area (Å²) in [4.78, 5) is 9.33. The minimum Gasteiger partial charge on any atom is -0.508 e. The topological polar surface area (TPSA) is 72.5 Å². The Kier molecular flexibility index (Phi) is 3.94. The maximum atomic E-state index is 9.98. The number of benzene rings is 3. The molecule has 0 spiro atoms. The van der Waals surface area contributed by atoms with Crippen LogP contribution in [0.15, 0.2) is 79.1 Å². The van der Waals surface area contributed by atoms with Crippen LogP contribution in [0.2, 0.25) is 5.02 Å². The smallest absolute Gasteiger partial charge is 0.228 e. The van der Waals surface area contributed by atoms with Crippen LogP contribution in [0, 0.1) is 0 Å². The first-order valence-electron chi connectivity index (χ1n) is 9.75. The molecule has 0 saturated carbocycles. The Balaban J connectivity index is 1.63. The second-order valence-corrected chi connectivity index (χ2v) is 7.72. The van der Waals surface area contributed by atoms with Crippen molar-refractivity contribution in [3.8, 4) is 28.8 Å². The molecule has 2 aromatic heterocycles. The van der Waals surface area contributed by atoms with Crippen molar-refractivity contribution in [3.05, 3.63) is 101 Å². The van der Waals surface area contributed by atoms with E-state index in [1.165, 1.54) is 0 Å². The van der Waals surface area contributed by atoms with E-state index in [9.17, 15) is 5.11 Å². The monoisotopic (exact) mass is 426 g/mol. The summed E-state index contributed by atoms with van der Waals surface area (Å²) in [6, 6.07) is 22.7. The normalized spacial score (nSPS) is 14.7. The largest absolute Gasteiger partial charge is 0.508 e. The first-order valence-corrected chi connectivity index (χ1v) is 10.1. The Morgan fingerprint density at radius 1 is 0.968 bits per heavy atom. The Hall–Kier alpha value is -3.90. The van der Waals surface area contributed by atoms with Crippen molar-refractivity contribution < 1.29 is 9.84 Å². The zero-order valence-electron chi connectivity index (χ0n) is 16.1. The van der Waals surface area contributed by atoms with Crippen molar-refractivity contribution in [3.63, 3.8) is 0 Å². The van der Waals surface area contributed by atoms with Crippen LogP contribution in [-0.2, 0) is 0 Å². The first-order chi connectivity index (χ1) is 15.2. The molecule has 0 aliphatic carbocycles. The van der Waals surface area contributed by atoms with Crippen molar-refractivity contribution in [2.24, 2.45) is 0 Å². The van der Waals surface area contributed by atoms with Gasteiger partial charge in [0.1, 0.15) is 17.8 Å². The SMILES string of the molecule is Oc1ccc2c(c1)Oc1ncn3nc(-c4ccccc4Cl)nc3c1[C@@H]2c1ccccc1. The van der Waals surface area contributed by atoms with E-state index in [2.05, 4.69) is 22.2 Å². The van der Waals surface area contributed by atoms with Crippen molar-refractivity contribution in [1.29, 1.82) is 0 Å². The summed E-state index contributed by atoms with van der Waals surface area (Å²) < 4.78 is 7.73. The van der Waals surface area contributed by atoms with E-state index in [1.807, 2.05) is 48.5 Å². The van der Waals surface area contributed by atoms with Gasteiger partial charge in [-0.15, -0.1) is 5.10 Å². The van der Waals surface area contributed by atoms with Gasteiger partial charge < -0.3 is 9.84 Å². The average molecular weight is 427 g/mol. The molecule has 5 aromatic rings. The predicted molar refractivity (Wildman–Crippen MR) is 117 cm³/mol. The molecular formula is C24H15ClN4O2. The van der Waals surface area contributed by atoms with Gasteiger partial charge in [-0.3, -0.25) is 0 Å². The second kappa shape index (κ2) is 6.82. The fourth-order valence-electron chi connectivity index (χ4n) is 4.05. The number of fused-ring (bicyclic) bond motifs is 4. The number of hydrogen-bond donors (Lipinski definition) is 1. The molecular weight excluding hydrogens is 412 g/mol. The molecule has 0 amide bonds. The van der Waals surface area contributed by atoms with Gasteiger partial charge in [-0.1, -0.05) is 60.1 Å². The van der Waals surface area contributed by atoms with Crippen LogP contribution in [-0.4, -0.2) is 24.7 Å². The van der Waals surface area contributed by atoms with E-state index in [0.29, 0.717) is 28.1 Å². The number of phenols is 1. The van der Waals surface area contributed by atoms with Gasteiger partial charge >= 0.3 is 0 Å². The van der Waals surface area contributed by atoms with Gasteiger partial charge in [0.25, 0.3) is 0 Å². The van der Waals surface area contributed by atoms with Crippen molar-refractivity contribution in [1.82, 2.24) is 19.6 Å². The predicted octanol–water partition coefficient (Wildman–Crippen LogP) is 5.44. The van der Waals surface area contributed by atoms with E-state index in [1.54, 1.807) is 23.0 Å². The highest BCUT2D eigenvalue weighted by Crippen LogP contribution is 2.48. The zero-order valence-corrected chi connectivity index (χ0v) is 16.9. The summed E-state index contributed by atoms with van der Waals surface area (Å²) in [5.74, 6) is 1.49. The number of hydrogen-bond acceptors (Lipinski definition) is 5. The van der Waals surface area contributed by atoms with Gasteiger partial charge in [0.05, 0.1) is 10.6 Å². The number of nitrogens with zero attached hydrogens (tertiary/aromatic N) is 4. The molecule has 3 heterocycles. The third kappa shape index (κ3) is 2.84. The summed E-state index contributed by atoms with van der Waals surface area (Å²) in [5.41, 5.74) is 4.20. The van der Waals surface area contributed by atoms with Crippen LogP contribution in [0.5, 0.6) is 17.4 Å². The van der Waals surface area contributed by atoms with E-state index in [4.69, 9.17) is 21.3 Å². The Labute approximate surface area is 182 Å². The van der Waals surface area contributed by atoms with Crippen molar-refractivity contribution in [2.75, 3.05) is 0 Å². The maximum Gasteiger partial charge on any atom is 0.228 e. The van der Waals surface area contributed by atoms with E-state index in [-0.39, 0.29) is 11.7 Å². The zero-order chi connectivity index (χ0) is 20.9. The van der Waals surface area contributed by atoms with Gasteiger partial charge in [0, 0.05) is 23.1 Å². The van der Waals surface area contributed by atoms with E-state index >= 15 is 0 Å². The molecule has 1 N–H and O–H groups in total. The lowest BCUT2D eigenvalue weighted by Gasteiger charge is -2.27. The number of phenolic OH excluding ortho intramolecular Hbond substituents is 1. The molecule has 0 unspecified atom stereocenters. The summed E-state index contributed by atoms with van der Waals surface area (Å²) in [6.45, 7) is 0. The molecule has 0 fully saturated rings. The quantitative estimate of drug-likeness (QED) is 0.399. The van der Waals surface area contributed by atoms with Crippen LogP contribution in [0.25, 0.3) is 17.0 Å². The highest BCUT2D eigenvalue weighted by molar-refractivity contribution is 6.33. The van der Waals surface area contributed by atoms with Crippen molar-refractivity contribution in [2.45, 2.75) is 5.92 Å². The Morgan fingerprint density at radius 2 is 1.77 bits per heavy atom. The molecule has 3 aromatic carbocycles. The molecule has 6 nitrogen and oxygen atoms in total. The lowest BCUT2D eigenvalue weighted by atomic mass is 9.84. The molecule has 0 saturated heterocycles. The molecule has 31 heavy (non-hydrogen) atoms. The number of aromatic nitrogens is 4. The molecule has 0 radical (unpaired) electrons. The van der Waals surface area contributed by atoms with Gasteiger partial charge in [-0.2, -0.15) is 0 Å². The van der Waals surface area contributed by atoms with Crippen LogP contribution in [0.3, 0.4) is 0 Å². The van der Waals surface area contributed by atoms with Crippen LogP contribution >= 0.6 is 11.6 Å². The van der Waals surface area contributed by atoms with E-state index < -0.39 is 0 Å². The first kappa shape index (κ1) is 17.9. The minimum absolute atomic E-state index is 0.138. The van der Waals surface area contributed by atoms with Gasteiger partial charge in [-0.25, -0.2) is 14.5 Å². The molecule has 7 heteroatoms. The van der Waals surface area contributed by atoms with Crippen LogP contribution in [0.1, 0.15) is 22.6 Å². The highest BCUT2D eigenvalue weighted by atomic mass is 35.5. The standard InChI is InChI=1S/C24H15ClN4O2/c25-18-9-5-4-8-16(18)22-27-23-21-20(14-6-2-1-3-7-14)17-11-10-15(30)12-19(17)31-24(21)26-13-29(23)28-22/h1-13,20,30H/t20-/m1/s1. The second-order valence-electron chi connectivity index (χ2n) is 7.31. The van der Waals surface area contributed by atoms with Gasteiger partial charge in [0.2, 0.25) is 5.88 Å². The van der Waals surface area contributed by atoms with Crippen LogP contribution in [0.4, 0.5) is 0 Å². The molecule has 1 aliphatic heterocycles. The third-order valence-electron chi connectivity index (χ3n) is 5.44. The van der Waals surface area contributed by atoms with Crippen LogP contribution < -0.4 is 4.74 Å². The van der Waals surface area contributed by atoms with Crippen molar-refractivity contribution >= 4 is 17.2 Å². The van der Waals surface area contributed by atoms with Gasteiger partial charge in [0.15, 0.2) is 11.5 Å². The number of ether oxygens (including phenoxy) is 1.